The number of nitrogens with zero attached hydrogens (tertiary/aromatic N) is 6. The maximum atomic E-state index is 13.0. The summed E-state index contributed by atoms with van der Waals surface area (Å²) in [7, 11) is 0. The molecule has 2 aliphatic rings. The van der Waals surface area contributed by atoms with E-state index in [1.54, 1.807) is 23.2 Å². The van der Waals surface area contributed by atoms with E-state index in [4.69, 9.17) is 0 Å². The molecule has 0 unspecified atom stereocenters. The second-order valence-electron chi connectivity index (χ2n) is 7.48. The van der Waals surface area contributed by atoms with E-state index < -0.39 is 11.7 Å². The smallest absolute Gasteiger partial charge is 0.295 e. The molecule has 5 rings (SSSR count). The molecule has 10 nitrogen and oxygen atoms in total. The lowest BCUT2D eigenvalue weighted by atomic mass is 10.1. The third-order valence-electron chi connectivity index (χ3n) is 5.60. The zero-order chi connectivity index (χ0) is 22.1. The number of fused-ring (bicyclic) bond motifs is 1. The molecule has 0 radical (unpaired) electrons. The Morgan fingerprint density at radius 2 is 1.69 bits per heavy atom. The third kappa shape index (κ3) is 3.45. The Morgan fingerprint density at radius 3 is 2.41 bits per heavy atom. The minimum atomic E-state index is -0.645. The highest BCUT2D eigenvalue weighted by Crippen LogP contribution is 2.21. The van der Waals surface area contributed by atoms with Crippen molar-refractivity contribution in [2.75, 3.05) is 26.2 Å². The number of piperazine rings is 1. The molecule has 4 heterocycles. The van der Waals surface area contributed by atoms with Crippen LogP contribution in [-0.4, -0.2) is 80.5 Å². The number of hydrogen-bond acceptors (Lipinski definition) is 7. The van der Waals surface area contributed by atoms with Gasteiger partial charge in [0.25, 0.3) is 17.6 Å². The molecular weight excluding hydrogens is 410 g/mol. The second-order valence-corrected chi connectivity index (χ2v) is 7.48. The fourth-order valence-electron chi connectivity index (χ4n) is 3.89. The first kappa shape index (κ1) is 19.7. The van der Waals surface area contributed by atoms with Crippen molar-refractivity contribution >= 4 is 40.6 Å². The van der Waals surface area contributed by atoms with Crippen molar-refractivity contribution in [3.05, 3.63) is 59.7 Å². The fourth-order valence-corrected chi connectivity index (χ4v) is 3.89. The highest BCUT2D eigenvalue weighted by Gasteiger charge is 2.31. The van der Waals surface area contributed by atoms with E-state index in [9.17, 15) is 14.4 Å². The highest BCUT2D eigenvalue weighted by molar-refractivity contribution is 6.44. The number of ketones is 1. The lowest BCUT2D eigenvalue weighted by molar-refractivity contribution is -0.127. The zero-order valence-corrected chi connectivity index (χ0v) is 17.1. The van der Waals surface area contributed by atoms with Crippen LogP contribution in [0.4, 0.5) is 0 Å². The molecule has 1 aromatic carbocycles. The number of benzene rings is 1. The highest BCUT2D eigenvalue weighted by atomic mass is 16.2. The maximum Gasteiger partial charge on any atom is 0.295 e. The number of nitrogens with one attached hydrogen (secondary N) is 1. The van der Waals surface area contributed by atoms with Crippen molar-refractivity contribution in [2.24, 2.45) is 10.2 Å². The summed E-state index contributed by atoms with van der Waals surface area (Å²) in [6, 6.07) is 9.01. The van der Waals surface area contributed by atoms with Crippen molar-refractivity contribution in [3.63, 3.8) is 0 Å². The number of aromatic amines is 1. The van der Waals surface area contributed by atoms with Gasteiger partial charge in [-0.2, -0.15) is 10.2 Å². The van der Waals surface area contributed by atoms with E-state index in [2.05, 4.69) is 25.2 Å². The Labute approximate surface area is 182 Å². The summed E-state index contributed by atoms with van der Waals surface area (Å²) < 4.78 is 0. The number of carbonyl (C=O) groups excluding carboxylic acids is 3. The molecule has 1 saturated heterocycles. The van der Waals surface area contributed by atoms with E-state index >= 15 is 0 Å². The second kappa shape index (κ2) is 8.14. The van der Waals surface area contributed by atoms with Crippen molar-refractivity contribution in [1.29, 1.82) is 0 Å². The van der Waals surface area contributed by atoms with Gasteiger partial charge in [-0.05, 0) is 12.1 Å². The number of aromatic nitrogens is 3. The van der Waals surface area contributed by atoms with Gasteiger partial charge in [0.1, 0.15) is 17.5 Å². The van der Waals surface area contributed by atoms with Crippen molar-refractivity contribution in [3.8, 4) is 0 Å². The van der Waals surface area contributed by atoms with Gasteiger partial charge in [-0.3, -0.25) is 14.4 Å². The van der Waals surface area contributed by atoms with Crippen LogP contribution in [0.15, 0.2) is 53.1 Å². The molecule has 2 aliphatic heterocycles. The van der Waals surface area contributed by atoms with E-state index in [1.807, 2.05) is 18.2 Å². The molecule has 2 amide bonds. The van der Waals surface area contributed by atoms with Gasteiger partial charge < -0.3 is 14.8 Å². The summed E-state index contributed by atoms with van der Waals surface area (Å²) in [6.07, 6.45) is 5.04. The summed E-state index contributed by atoms with van der Waals surface area (Å²) >= 11 is 0. The Morgan fingerprint density at radius 1 is 0.938 bits per heavy atom. The van der Waals surface area contributed by atoms with Gasteiger partial charge >= 0.3 is 0 Å². The first-order chi connectivity index (χ1) is 15.6. The van der Waals surface area contributed by atoms with Crippen LogP contribution in [0.2, 0.25) is 0 Å². The van der Waals surface area contributed by atoms with Gasteiger partial charge in [0.2, 0.25) is 0 Å². The minimum absolute atomic E-state index is 0.0799. The first-order valence-corrected chi connectivity index (χ1v) is 10.2. The Kier molecular flexibility index (Phi) is 5.02. The number of Topliss-reactive ketones (excluding diaryl/α,β-unsaturated/α-hetero) is 1. The summed E-state index contributed by atoms with van der Waals surface area (Å²) in [5, 5.41) is 7.90. The summed E-state index contributed by atoms with van der Waals surface area (Å²) in [5.74, 6) is -1.34. The number of hydrogen-bond donors (Lipinski definition) is 1. The number of rotatable bonds is 4. The zero-order valence-electron chi connectivity index (χ0n) is 17.1. The van der Waals surface area contributed by atoms with E-state index in [0.29, 0.717) is 60.6 Å². The molecule has 0 spiro atoms. The molecule has 0 bridgehead atoms. The van der Waals surface area contributed by atoms with E-state index in [1.165, 1.54) is 17.4 Å². The lowest BCUT2D eigenvalue weighted by Gasteiger charge is -2.34. The van der Waals surface area contributed by atoms with E-state index in [0.717, 1.165) is 0 Å². The number of carbonyl (C=O) groups is 3. The summed E-state index contributed by atoms with van der Waals surface area (Å²) in [6.45, 7) is 1.32. The molecule has 0 saturated carbocycles. The Bertz CT molecular complexity index is 1270. The third-order valence-corrected chi connectivity index (χ3v) is 5.60. The Hall–Kier alpha value is -4.21. The molecule has 160 valence electrons. The van der Waals surface area contributed by atoms with Gasteiger partial charge in [-0.25, -0.2) is 9.97 Å². The molecule has 0 atom stereocenters. The number of H-pyrrole nitrogens is 1. The maximum absolute atomic E-state index is 13.0. The average molecular weight is 429 g/mol. The first-order valence-electron chi connectivity index (χ1n) is 10.2. The van der Waals surface area contributed by atoms with Crippen LogP contribution in [0.5, 0.6) is 0 Å². The molecule has 2 aromatic heterocycles. The van der Waals surface area contributed by atoms with Gasteiger partial charge in [-0.15, -0.1) is 0 Å². The predicted molar refractivity (Wildman–Crippen MR) is 117 cm³/mol. The van der Waals surface area contributed by atoms with Crippen molar-refractivity contribution in [1.82, 2.24) is 24.8 Å². The van der Waals surface area contributed by atoms with Gasteiger partial charge in [0.05, 0.1) is 16.8 Å². The largest absolute Gasteiger partial charge is 0.357 e. The van der Waals surface area contributed by atoms with Gasteiger partial charge in [0, 0.05) is 50.6 Å². The summed E-state index contributed by atoms with van der Waals surface area (Å²) in [5.41, 5.74) is 2.95. The van der Waals surface area contributed by atoms with Crippen LogP contribution in [0, 0.1) is 0 Å². The fraction of sp³-hybridized carbons (Fsp3) is 0.227. The quantitative estimate of drug-likeness (QED) is 0.495. The summed E-state index contributed by atoms with van der Waals surface area (Å²) in [4.78, 5) is 53.1. The Balaban J connectivity index is 1.30. The van der Waals surface area contributed by atoms with Crippen LogP contribution in [0.1, 0.15) is 32.8 Å². The number of amides is 2. The normalized spacial score (nSPS) is 15.8. The van der Waals surface area contributed by atoms with Crippen LogP contribution in [-0.2, 0) is 4.79 Å². The van der Waals surface area contributed by atoms with Gasteiger partial charge in [-0.1, -0.05) is 18.2 Å². The molecule has 10 heteroatoms. The van der Waals surface area contributed by atoms with Crippen LogP contribution < -0.4 is 0 Å². The molecule has 1 fully saturated rings. The molecule has 0 aliphatic carbocycles. The van der Waals surface area contributed by atoms with Gasteiger partial charge in [0.15, 0.2) is 0 Å². The SMILES string of the molecule is O=C(C(=O)N1CCN(C(=O)c2ccccc2)CC1)c1c[nH]c2c(C3=NN=CC3)ncnc12. The topological polar surface area (TPSA) is 124 Å². The monoisotopic (exact) mass is 429 g/mol. The standard InChI is InChI=1S/C22H19N7O3/c30-20(15-12-23-19-17(15)24-13-25-18(19)16-6-7-26-27-16)22(32)29-10-8-28(9-11-29)21(31)14-4-2-1-3-5-14/h1-5,7,12-13,23H,6,8-11H2. The predicted octanol–water partition coefficient (Wildman–Crippen LogP) is 1.30. The van der Waals surface area contributed by atoms with E-state index in [-0.39, 0.29) is 11.5 Å². The lowest BCUT2D eigenvalue weighted by Crippen LogP contribution is -2.52. The molecule has 3 aromatic rings. The average Bonchev–Trinajstić information content (AvgIpc) is 3.53. The molecular formula is C22H19N7O3. The minimum Gasteiger partial charge on any atom is -0.357 e. The van der Waals surface area contributed by atoms with Crippen LogP contribution in [0.3, 0.4) is 0 Å². The molecule has 32 heavy (non-hydrogen) atoms. The van der Waals surface area contributed by atoms with Crippen LogP contribution >= 0.6 is 0 Å². The van der Waals surface area contributed by atoms with Crippen molar-refractivity contribution in [2.45, 2.75) is 6.42 Å². The van der Waals surface area contributed by atoms with Crippen LogP contribution in [0.25, 0.3) is 11.0 Å². The van der Waals surface area contributed by atoms with Crippen molar-refractivity contribution < 1.29 is 14.4 Å². The molecule has 1 N–H and O–H groups in total.